The van der Waals surface area contributed by atoms with Gasteiger partial charge in [0.15, 0.2) is 11.4 Å². The van der Waals surface area contributed by atoms with Gasteiger partial charge in [0.1, 0.15) is 5.82 Å². The zero-order valence-electron chi connectivity index (χ0n) is 16.3. The molecular weight excluding hydrogens is 406 g/mol. The third-order valence-electron chi connectivity index (χ3n) is 4.63. The Morgan fingerprint density at radius 2 is 2.10 bits per heavy atom. The highest BCUT2D eigenvalue weighted by atomic mass is 35.5. The second-order valence-electron chi connectivity index (χ2n) is 6.63. The Balaban J connectivity index is 1.66. The molecule has 8 nitrogen and oxygen atoms in total. The standard InChI is InChI=1S/C21H18ClN5O3/c1-3-27(2)21(29)12-9-16-19(23-11-12)26-18(25-16)14-10-13(6-7-15(14)22)24-20(28)17-5-4-8-30-17/h4-11H,3H2,1-2H3,(H,24,28)(H,23,25,26). The van der Waals surface area contributed by atoms with Gasteiger partial charge in [-0.25, -0.2) is 9.97 Å². The second kappa shape index (κ2) is 8.00. The Bertz CT molecular complexity index is 1230. The van der Waals surface area contributed by atoms with Crippen LogP contribution in [0.25, 0.3) is 22.6 Å². The molecule has 0 saturated heterocycles. The number of benzene rings is 1. The lowest BCUT2D eigenvalue weighted by Crippen LogP contribution is -2.26. The maximum absolute atomic E-state index is 12.4. The maximum atomic E-state index is 12.4. The molecule has 0 spiro atoms. The summed E-state index contributed by atoms with van der Waals surface area (Å²) in [5.41, 5.74) is 2.66. The Morgan fingerprint density at radius 1 is 1.27 bits per heavy atom. The van der Waals surface area contributed by atoms with Crippen molar-refractivity contribution in [2.45, 2.75) is 6.92 Å². The van der Waals surface area contributed by atoms with Crippen molar-refractivity contribution in [1.82, 2.24) is 19.9 Å². The van der Waals surface area contributed by atoms with Gasteiger partial charge >= 0.3 is 0 Å². The third kappa shape index (κ3) is 3.77. The molecule has 1 aromatic carbocycles. The number of fused-ring (bicyclic) bond motifs is 1. The van der Waals surface area contributed by atoms with Gasteiger partial charge in [0.25, 0.3) is 11.8 Å². The van der Waals surface area contributed by atoms with Crippen molar-refractivity contribution in [3.63, 3.8) is 0 Å². The van der Waals surface area contributed by atoms with Gasteiger partial charge in [0.2, 0.25) is 0 Å². The van der Waals surface area contributed by atoms with Crippen molar-refractivity contribution in [1.29, 1.82) is 0 Å². The van der Waals surface area contributed by atoms with E-state index in [2.05, 4.69) is 20.3 Å². The van der Waals surface area contributed by atoms with Crippen LogP contribution in [0.2, 0.25) is 5.02 Å². The zero-order valence-corrected chi connectivity index (χ0v) is 17.0. The number of hydrogen-bond acceptors (Lipinski definition) is 5. The van der Waals surface area contributed by atoms with Crippen molar-refractivity contribution in [3.05, 3.63) is 65.2 Å². The fraction of sp³-hybridized carbons (Fsp3) is 0.143. The lowest BCUT2D eigenvalue weighted by atomic mass is 10.2. The van der Waals surface area contributed by atoms with Crippen LogP contribution in [-0.2, 0) is 0 Å². The number of furan rings is 1. The van der Waals surface area contributed by atoms with Crippen molar-refractivity contribution in [3.8, 4) is 11.4 Å². The smallest absolute Gasteiger partial charge is 0.291 e. The number of rotatable bonds is 5. The minimum atomic E-state index is -0.372. The Labute approximate surface area is 176 Å². The highest BCUT2D eigenvalue weighted by molar-refractivity contribution is 6.33. The van der Waals surface area contributed by atoms with E-state index >= 15 is 0 Å². The van der Waals surface area contributed by atoms with Crippen LogP contribution in [0.5, 0.6) is 0 Å². The van der Waals surface area contributed by atoms with Crippen molar-refractivity contribution in [2.75, 3.05) is 18.9 Å². The number of carbonyl (C=O) groups excluding carboxylic acids is 2. The highest BCUT2D eigenvalue weighted by Gasteiger charge is 2.16. The van der Waals surface area contributed by atoms with Crippen LogP contribution < -0.4 is 5.32 Å². The van der Waals surface area contributed by atoms with Gasteiger partial charge in [-0.3, -0.25) is 9.59 Å². The van der Waals surface area contributed by atoms with Gasteiger partial charge in [-0.1, -0.05) is 11.6 Å². The van der Waals surface area contributed by atoms with E-state index in [0.29, 0.717) is 45.4 Å². The topological polar surface area (TPSA) is 104 Å². The van der Waals surface area contributed by atoms with Crippen LogP contribution in [0, 0.1) is 0 Å². The molecule has 0 atom stereocenters. The van der Waals surface area contributed by atoms with Gasteiger partial charge < -0.3 is 19.6 Å². The van der Waals surface area contributed by atoms with Crippen molar-refractivity contribution in [2.24, 2.45) is 0 Å². The molecular formula is C21H18ClN5O3. The molecule has 0 fully saturated rings. The highest BCUT2D eigenvalue weighted by Crippen LogP contribution is 2.30. The average molecular weight is 424 g/mol. The van der Waals surface area contributed by atoms with E-state index in [-0.39, 0.29) is 17.6 Å². The Morgan fingerprint density at radius 3 is 2.83 bits per heavy atom. The van der Waals surface area contributed by atoms with E-state index in [4.69, 9.17) is 16.0 Å². The Hall–Kier alpha value is -3.65. The van der Waals surface area contributed by atoms with Gasteiger partial charge in [-0.15, -0.1) is 0 Å². The minimum Gasteiger partial charge on any atom is -0.459 e. The van der Waals surface area contributed by atoms with Gasteiger partial charge in [-0.05, 0) is 43.3 Å². The van der Waals surface area contributed by atoms with Crippen LogP contribution >= 0.6 is 11.6 Å². The summed E-state index contributed by atoms with van der Waals surface area (Å²) in [6.07, 6.45) is 2.93. The number of hydrogen-bond donors (Lipinski definition) is 2. The lowest BCUT2D eigenvalue weighted by molar-refractivity contribution is 0.0802. The number of amides is 2. The molecule has 30 heavy (non-hydrogen) atoms. The number of carbonyl (C=O) groups is 2. The second-order valence-corrected chi connectivity index (χ2v) is 7.03. The molecule has 0 radical (unpaired) electrons. The number of imidazole rings is 1. The monoisotopic (exact) mass is 423 g/mol. The van der Waals surface area contributed by atoms with Crippen LogP contribution in [0.15, 0.2) is 53.3 Å². The number of aromatic nitrogens is 3. The zero-order chi connectivity index (χ0) is 21.3. The van der Waals surface area contributed by atoms with Crippen LogP contribution in [0.4, 0.5) is 5.69 Å². The third-order valence-corrected chi connectivity index (χ3v) is 4.96. The molecule has 4 aromatic rings. The van der Waals surface area contributed by atoms with Gasteiger partial charge in [0, 0.05) is 31.0 Å². The first kappa shape index (κ1) is 19.7. The quantitative estimate of drug-likeness (QED) is 0.500. The number of halogens is 1. The van der Waals surface area contributed by atoms with Crippen LogP contribution in [0.3, 0.4) is 0 Å². The number of nitrogens with one attached hydrogen (secondary N) is 2. The molecule has 2 amide bonds. The summed E-state index contributed by atoms with van der Waals surface area (Å²) >= 11 is 6.36. The van der Waals surface area contributed by atoms with Crippen LogP contribution in [0.1, 0.15) is 27.8 Å². The predicted molar refractivity (Wildman–Crippen MR) is 114 cm³/mol. The minimum absolute atomic E-state index is 0.122. The molecule has 0 saturated carbocycles. The van der Waals surface area contributed by atoms with E-state index in [1.165, 1.54) is 12.5 Å². The van der Waals surface area contributed by atoms with Gasteiger partial charge in [-0.2, -0.15) is 0 Å². The molecule has 4 rings (SSSR count). The number of H-pyrrole nitrogens is 1. The average Bonchev–Trinajstić information content (AvgIpc) is 3.43. The predicted octanol–water partition coefficient (Wildman–Crippen LogP) is 4.22. The van der Waals surface area contributed by atoms with Crippen molar-refractivity contribution >= 4 is 40.3 Å². The largest absolute Gasteiger partial charge is 0.459 e. The van der Waals surface area contributed by atoms with E-state index < -0.39 is 0 Å². The molecule has 0 aliphatic rings. The van der Waals surface area contributed by atoms with E-state index in [1.54, 1.807) is 48.3 Å². The normalized spacial score (nSPS) is 10.9. The first-order valence-corrected chi connectivity index (χ1v) is 9.60. The molecule has 0 bridgehead atoms. The van der Waals surface area contributed by atoms with E-state index in [0.717, 1.165) is 0 Å². The van der Waals surface area contributed by atoms with Crippen LogP contribution in [-0.4, -0.2) is 45.3 Å². The fourth-order valence-electron chi connectivity index (χ4n) is 2.89. The molecule has 9 heteroatoms. The maximum Gasteiger partial charge on any atom is 0.291 e. The summed E-state index contributed by atoms with van der Waals surface area (Å²) in [6, 6.07) is 9.99. The molecule has 3 heterocycles. The summed E-state index contributed by atoms with van der Waals surface area (Å²) in [7, 11) is 1.73. The lowest BCUT2D eigenvalue weighted by Gasteiger charge is -2.13. The summed E-state index contributed by atoms with van der Waals surface area (Å²) in [4.78, 5) is 38.1. The van der Waals surface area contributed by atoms with E-state index in [9.17, 15) is 9.59 Å². The number of aromatic amines is 1. The summed E-state index contributed by atoms with van der Waals surface area (Å²) < 4.78 is 5.11. The molecule has 0 aliphatic heterocycles. The summed E-state index contributed by atoms with van der Waals surface area (Å²) in [5.74, 6) is 0.185. The molecule has 2 N–H and O–H groups in total. The summed E-state index contributed by atoms with van der Waals surface area (Å²) in [5, 5.41) is 3.21. The van der Waals surface area contributed by atoms with Gasteiger partial charge in [0.05, 0.1) is 22.4 Å². The first-order chi connectivity index (χ1) is 14.5. The number of pyridine rings is 1. The molecule has 152 valence electrons. The molecule has 0 unspecified atom stereocenters. The van der Waals surface area contributed by atoms with Crippen molar-refractivity contribution < 1.29 is 14.0 Å². The molecule has 0 aliphatic carbocycles. The molecule has 3 aromatic heterocycles. The summed E-state index contributed by atoms with van der Waals surface area (Å²) in [6.45, 7) is 2.50. The SMILES string of the molecule is CCN(C)C(=O)c1cnc2nc(-c3cc(NC(=O)c4ccco4)ccc3Cl)[nH]c2c1. The number of nitrogens with zero attached hydrogens (tertiary/aromatic N) is 3. The van der Waals surface area contributed by atoms with E-state index in [1.807, 2.05) is 6.92 Å². The fourth-order valence-corrected chi connectivity index (χ4v) is 3.10. The Kier molecular flexibility index (Phi) is 5.24. The number of anilines is 1. The first-order valence-electron chi connectivity index (χ1n) is 9.22.